The fourth-order valence-electron chi connectivity index (χ4n) is 1.73. The Bertz CT molecular complexity index is 317. The van der Waals surface area contributed by atoms with Crippen molar-refractivity contribution < 1.29 is 0 Å². The van der Waals surface area contributed by atoms with Gasteiger partial charge >= 0.3 is 0 Å². The van der Waals surface area contributed by atoms with Crippen molar-refractivity contribution >= 4 is 27.3 Å². The first kappa shape index (κ1) is 11.6. The van der Waals surface area contributed by atoms with Gasteiger partial charge in [0, 0.05) is 33.9 Å². The van der Waals surface area contributed by atoms with Crippen molar-refractivity contribution in [3.05, 3.63) is 20.8 Å². The smallest absolute Gasteiger partial charge is 0.0331 e. The molecule has 15 heavy (non-hydrogen) atoms. The molecule has 0 atom stereocenters. The van der Waals surface area contributed by atoms with Gasteiger partial charge in [-0.2, -0.15) is 0 Å². The molecule has 1 aromatic rings. The van der Waals surface area contributed by atoms with Crippen LogP contribution in [0.3, 0.4) is 0 Å². The lowest BCUT2D eigenvalue weighted by Crippen LogP contribution is -2.31. The molecule has 0 aliphatic heterocycles. The van der Waals surface area contributed by atoms with E-state index >= 15 is 0 Å². The van der Waals surface area contributed by atoms with Crippen molar-refractivity contribution in [2.45, 2.75) is 39.3 Å². The predicted molar refractivity (Wildman–Crippen MR) is 70.3 cm³/mol. The highest BCUT2D eigenvalue weighted by Gasteiger charge is 2.25. The van der Waals surface area contributed by atoms with E-state index in [2.05, 4.69) is 46.1 Å². The molecular formula is C12H18BrNS. The Morgan fingerprint density at radius 1 is 1.53 bits per heavy atom. The lowest BCUT2D eigenvalue weighted by atomic mass is 10.2. The van der Waals surface area contributed by atoms with E-state index in [-0.39, 0.29) is 0 Å². The predicted octanol–water partition coefficient (Wildman–Crippen LogP) is 4.13. The van der Waals surface area contributed by atoms with Crippen LogP contribution in [0.15, 0.2) is 15.9 Å². The van der Waals surface area contributed by atoms with Gasteiger partial charge < -0.3 is 0 Å². The highest BCUT2D eigenvalue weighted by Crippen LogP contribution is 2.31. The van der Waals surface area contributed by atoms with Gasteiger partial charge in [-0.1, -0.05) is 0 Å². The summed E-state index contributed by atoms with van der Waals surface area (Å²) >= 11 is 5.37. The molecule has 0 saturated heterocycles. The highest BCUT2D eigenvalue weighted by atomic mass is 79.9. The van der Waals surface area contributed by atoms with Crippen LogP contribution in [0.2, 0.25) is 0 Å². The van der Waals surface area contributed by atoms with Crippen molar-refractivity contribution in [2.24, 2.45) is 5.92 Å². The minimum Gasteiger partial charge on any atom is -0.296 e. The molecule has 0 aromatic carbocycles. The number of hydrogen-bond acceptors (Lipinski definition) is 2. The molecule has 84 valence electrons. The standard InChI is InChI=1S/C12H18BrNS/c1-9(2)14(6-10-3-4-10)7-12-5-11(13)8-15-12/h5,8-10H,3-4,6-7H2,1-2H3. The summed E-state index contributed by atoms with van der Waals surface area (Å²) in [5.74, 6) is 0.982. The molecule has 0 unspecified atom stereocenters. The van der Waals surface area contributed by atoms with E-state index in [0.717, 1.165) is 12.5 Å². The van der Waals surface area contributed by atoms with Crippen LogP contribution in [0, 0.1) is 5.92 Å². The van der Waals surface area contributed by atoms with Crippen LogP contribution in [0.25, 0.3) is 0 Å². The zero-order valence-electron chi connectivity index (χ0n) is 9.37. The first-order valence-electron chi connectivity index (χ1n) is 5.62. The van der Waals surface area contributed by atoms with Gasteiger partial charge in [0.05, 0.1) is 0 Å². The molecule has 0 N–H and O–H groups in total. The third-order valence-electron chi connectivity index (χ3n) is 2.90. The Balaban J connectivity index is 1.92. The summed E-state index contributed by atoms with van der Waals surface area (Å²) in [6, 6.07) is 2.90. The van der Waals surface area contributed by atoms with Crippen LogP contribution >= 0.6 is 27.3 Å². The van der Waals surface area contributed by atoms with Gasteiger partial charge in [0.25, 0.3) is 0 Å². The van der Waals surface area contributed by atoms with Gasteiger partial charge in [0.1, 0.15) is 0 Å². The third-order valence-corrected chi connectivity index (χ3v) is 4.58. The minimum atomic E-state index is 0.659. The van der Waals surface area contributed by atoms with Crippen molar-refractivity contribution in [3.63, 3.8) is 0 Å². The van der Waals surface area contributed by atoms with E-state index in [1.54, 1.807) is 0 Å². The van der Waals surface area contributed by atoms with Gasteiger partial charge in [-0.05, 0) is 54.6 Å². The molecule has 0 bridgehead atoms. The second-order valence-corrected chi connectivity index (χ2v) is 6.61. The summed E-state index contributed by atoms with van der Waals surface area (Å²) in [6.45, 7) is 6.99. The maximum absolute atomic E-state index is 3.51. The Hall–Kier alpha value is 0.140. The van der Waals surface area contributed by atoms with Crippen molar-refractivity contribution in [1.29, 1.82) is 0 Å². The van der Waals surface area contributed by atoms with E-state index in [4.69, 9.17) is 0 Å². The van der Waals surface area contributed by atoms with Gasteiger partial charge in [-0.3, -0.25) is 4.90 Å². The van der Waals surface area contributed by atoms with Gasteiger partial charge in [-0.15, -0.1) is 11.3 Å². The van der Waals surface area contributed by atoms with Crippen LogP contribution < -0.4 is 0 Å². The maximum atomic E-state index is 3.51. The van der Waals surface area contributed by atoms with E-state index in [1.807, 2.05) is 11.3 Å². The molecular weight excluding hydrogens is 270 g/mol. The number of rotatable bonds is 5. The first-order valence-corrected chi connectivity index (χ1v) is 7.29. The molecule has 0 amide bonds. The summed E-state index contributed by atoms with van der Waals surface area (Å²) in [5.41, 5.74) is 0. The van der Waals surface area contributed by atoms with E-state index in [0.29, 0.717) is 6.04 Å². The molecule has 1 aromatic heterocycles. The van der Waals surface area contributed by atoms with Crippen molar-refractivity contribution in [3.8, 4) is 0 Å². The number of nitrogens with zero attached hydrogens (tertiary/aromatic N) is 1. The van der Waals surface area contributed by atoms with E-state index < -0.39 is 0 Å². The molecule has 1 saturated carbocycles. The number of hydrogen-bond donors (Lipinski definition) is 0. The zero-order valence-corrected chi connectivity index (χ0v) is 11.8. The zero-order chi connectivity index (χ0) is 10.8. The second kappa shape index (κ2) is 4.98. The Labute approximate surface area is 105 Å². The van der Waals surface area contributed by atoms with Crippen LogP contribution in [0.4, 0.5) is 0 Å². The average molecular weight is 288 g/mol. The van der Waals surface area contributed by atoms with E-state index in [1.165, 1.54) is 28.7 Å². The lowest BCUT2D eigenvalue weighted by Gasteiger charge is -2.25. The topological polar surface area (TPSA) is 3.24 Å². The monoisotopic (exact) mass is 287 g/mol. The molecule has 0 spiro atoms. The minimum absolute atomic E-state index is 0.659. The van der Waals surface area contributed by atoms with Crippen LogP contribution in [-0.4, -0.2) is 17.5 Å². The van der Waals surface area contributed by atoms with Crippen LogP contribution in [0.1, 0.15) is 31.6 Å². The van der Waals surface area contributed by atoms with E-state index in [9.17, 15) is 0 Å². The summed E-state index contributed by atoms with van der Waals surface area (Å²) in [6.07, 6.45) is 2.88. The number of thiophene rings is 1. The summed E-state index contributed by atoms with van der Waals surface area (Å²) in [7, 11) is 0. The van der Waals surface area contributed by atoms with Gasteiger partial charge in [0.2, 0.25) is 0 Å². The molecule has 1 fully saturated rings. The summed E-state index contributed by atoms with van der Waals surface area (Å²) in [5, 5.41) is 2.17. The van der Waals surface area contributed by atoms with Crippen molar-refractivity contribution in [2.75, 3.05) is 6.54 Å². The number of halogens is 1. The first-order chi connectivity index (χ1) is 7.15. The molecule has 1 heterocycles. The summed E-state index contributed by atoms with van der Waals surface area (Å²) < 4.78 is 1.22. The molecule has 1 nitrogen and oxygen atoms in total. The Morgan fingerprint density at radius 3 is 2.73 bits per heavy atom. The van der Waals surface area contributed by atoms with Gasteiger partial charge in [0.15, 0.2) is 0 Å². The fraction of sp³-hybridized carbons (Fsp3) is 0.667. The Kier molecular flexibility index (Phi) is 3.86. The van der Waals surface area contributed by atoms with Crippen LogP contribution in [-0.2, 0) is 6.54 Å². The molecule has 2 rings (SSSR count). The van der Waals surface area contributed by atoms with Crippen molar-refractivity contribution in [1.82, 2.24) is 4.90 Å². The summed E-state index contributed by atoms with van der Waals surface area (Å²) in [4.78, 5) is 4.06. The largest absolute Gasteiger partial charge is 0.296 e. The highest BCUT2D eigenvalue weighted by molar-refractivity contribution is 9.10. The third kappa shape index (κ3) is 3.58. The molecule has 1 aliphatic rings. The van der Waals surface area contributed by atoms with Crippen LogP contribution in [0.5, 0.6) is 0 Å². The lowest BCUT2D eigenvalue weighted by molar-refractivity contribution is 0.205. The molecule has 0 radical (unpaired) electrons. The molecule has 3 heteroatoms. The molecule has 1 aliphatic carbocycles. The SMILES string of the molecule is CC(C)N(Cc1cc(Br)cs1)CC1CC1. The average Bonchev–Trinajstić information content (AvgIpc) is 2.89. The maximum Gasteiger partial charge on any atom is 0.0331 e. The quantitative estimate of drug-likeness (QED) is 0.787. The Morgan fingerprint density at radius 2 is 2.27 bits per heavy atom. The van der Waals surface area contributed by atoms with Gasteiger partial charge in [-0.25, -0.2) is 0 Å². The fourth-order valence-corrected chi connectivity index (χ4v) is 3.20. The second-order valence-electron chi connectivity index (χ2n) is 4.70. The normalized spacial score (nSPS) is 16.6.